The summed E-state index contributed by atoms with van der Waals surface area (Å²) in [6.45, 7) is 0.727. The van der Waals surface area contributed by atoms with Gasteiger partial charge in [0.2, 0.25) is 0 Å². The van der Waals surface area contributed by atoms with Gasteiger partial charge in [0, 0.05) is 12.2 Å². The molecule has 5 heteroatoms. The lowest BCUT2D eigenvalue weighted by Crippen LogP contribution is -2.31. The third-order valence-electron chi connectivity index (χ3n) is 3.13. The maximum absolute atomic E-state index is 12.0. The van der Waals surface area contributed by atoms with Gasteiger partial charge in [-0.3, -0.25) is 4.79 Å². The Morgan fingerprint density at radius 1 is 1.44 bits per heavy atom. The van der Waals surface area contributed by atoms with Crippen LogP contribution in [0.1, 0.15) is 23.2 Å². The van der Waals surface area contributed by atoms with Crippen molar-refractivity contribution in [3.8, 4) is 0 Å². The van der Waals surface area contributed by atoms with Crippen molar-refractivity contribution in [3.05, 3.63) is 28.8 Å². The maximum atomic E-state index is 12.0. The van der Waals surface area contributed by atoms with Gasteiger partial charge in [-0.2, -0.15) is 11.8 Å². The number of carbonyl (C=O) groups excluding carboxylic acids is 1. The molecule has 0 unspecified atom stereocenters. The first-order valence-corrected chi connectivity index (χ1v) is 7.61. The second kappa shape index (κ2) is 6.34. The Bertz CT molecular complexity index is 433. The van der Waals surface area contributed by atoms with E-state index in [-0.39, 0.29) is 5.91 Å². The van der Waals surface area contributed by atoms with Gasteiger partial charge in [0.25, 0.3) is 5.91 Å². The van der Waals surface area contributed by atoms with Crippen molar-refractivity contribution in [2.24, 2.45) is 5.92 Å². The van der Waals surface area contributed by atoms with Crippen molar-refractivity contribution >= 4 is 35.0 Å². The highest BCUT2D eigenvalue weighted by atomic mass is 35.5. The lowest BCUT2D eigenvalue weighted by Gasteiger charge is -2.21. The summed E-state index contributed by atoms with van der Waals surface area (Å²) in [5.41, 5.74) is 6.68. The van der Waals surface area contributed by atoms with Crippen LogP contribution in [0.5, 0.6) is 0 Å². The summed E-state index contributed by atoms with van der Waals surface area (Å²) in [7, 11) is 0. The van der Waals surface area contributed by atoms with Crippen LogP contribution in [0.4, 0.5) is 5.69 Å². The molecule has 1 fully saturated rings. The number of thioether (sulfide) groups is 1. The van der Waals surface area contributed by atoms with Gasteiger partial charge in [0.05, 0.1) is 10.6 Å². The van der Waals surface area contributed by atoms with E-state index >= 15 is 0 Å². The fourth-order valence-electron chi connectivity index (χ4n) is 2.00. The monoisotopic (exact) mass is 284 g/mol. The van der Waals surface area contributed by atoms with Crippen LogP contribution >= 0.6 is 23.4 Å². The second-order valence-corrected chi connectivity index (χ2v) is 6.14. The van der Waals surface area contributed by atoms with Gasteiger partial charge >= 0.3 is 0 Å². The first-order valence-electron chi connectivity index (χ1n) is 6.08. The number of hydrogen-bond donors (Lipinski definition) is 2. The summed E-state index contributed by atoms with van der Waals surface area (Å²) >= 11 is 7.98. The average molecular weight is 285 g/mol. The number of halogens is 1. The summed E-state index contributed by atoms with van der Waals surface area (Å²) in [6, 6.07) is 4.97. The van der Waals surface area contributed by atoms with Gasteiger partial charge in [-0.1, -0.05) is 11.6 Å². The van der Waals surface area contributed by atoms with Crippen LogP contribution in [-0.2, 0) is 0 Å². The van der Waals surface area contributed by atoms with Gasteiger partial charge in [0.1, 0.15) is 0 Å². The Morgan fingerprint density at radius 2 is 2.17 bits per heavy atom. The average Bonchev–Trinajstić information content (AvgIpc) is 2.40. The Morgan fingerprint density at radius 3 is 2.89 bits per heavy atom. The molecule has 1 heterocycles. The quantitative estimate of drug-likeness (QED) is 0.839. The van der Waals surface area contributed by atoms with Crippen LogP contribution in [0.25, 0.3) is 0 Å². The fourth-order valence-corrected chi connectivity index (χ4v) is 3.41. The molecule has 2 rings (SSSR count). The Hall–Kier alpha value is -0.870. The number of nitrogens with two attached hydrogens (primary N) is 1. The zero-order valence-electron chi connectivity index (χ0n) is 10.1. The molecule has 3 nitrogen and oxygen atoms in total. The minimum atomic E-state index is -0.134. The molecule has 18 heavy (non-hydrogen) atoms. The molecule has 0 spiro atoms. The molecule has 98 valence electrons. The Kier molecular flexibility index (Phi) is 4.78. The van der Waals surface area contributed by atoms with Crippen molar-refractivity contribution in [2.45, 2.75) is 12.8 Å². The minimum Gasteiger partial charge on any atom is -0.399 e. The third kappa shape index (κ3) is 3.56. The first kappa shape index (κ1) is 13.6. The van der Waals surface area contributed by atoms with E-state index in [1.807, 2.05) is 11.8 Å². The SMILES string of the molecule is Nc1ccc(Cl)c(C(=O)NCC2CCSCC2)c1. The molecule has 1 aliphatic heterocycles. The molecule has 1 aromatic carbocycles. The normalized spacial score (nSPS) is 16.5. The molecule has 1 saturated heterocycles. The first-order chi connectivity index (χ1) is 8.66. The van der Waals surface area contributed by atoms with Gasteiger partial charge in [-0.05, 0) is 48.5 Å². The molecule has 0 radical (unpaired) electrons. The molecule has 0 aromatic heterocycles. The van der Waals surface area contributed by atoms with Crippen molar-refractivity contribution < 1.29 is 4.79 Å². The number of amides is 1. The molecule has 0 atom stereocenters. The highest BCUT2D eigenvalue weighted by Gasteiger charge is 2.16. The molecule has 3 N–H and O–H groups in total. The van der Waals surface area contributed by atoms with Crippen LogP contribution in [0.3, 0.4) is 0 Å². The summed E-state index contributed by atoms with van der Waals surface area (Å²) < 4.78 is 0. The number of nitrogen functional groups attached to an aromatic ring is 1. The number of nitrogens with one attached hydrogen (secondary N) is 1. The topological polar surface area (TPSA) is 55.1 Å². The van der Waals surface area contributed by atoms with Crippen LogP contribution in [0, 0.1) is 5.92 Å². The Balaban J connectivity index is 1.92. The summed E-state index contributed by atoms with van der Waals surface area (Å²) in [5, 5.41) is 3.39. The molecule has 1 aliphatic rings. The predicted octanol–water partition coefficient (Wildman–Crippen LogP) is 2.80. The summed E-state index contributed by atoms with van der Waals surface area (Å²) in [6.07, 6.45) is 2.35. The van der Waals surface area contributed by atoms with Gasteiger partial charge in [-0.15, -0.1) is 0 Å². The molecule has 0 saturated carbocycles. The van der Waals surface area contributed by atoms with Crippen LogP contribution in [-0.4, -0.2) is 24.0 Å². The van der Waals surface area contributed by atoms with E-state index in [0.29, 0.717) is 22.2 Å². The van der Waals surface area contributed by atoms with E-state index in [4.69, 9.17) is 17.3 Å². The maximum Gasteiger partial charge on any atom is 0.252 e. The molecule has 1 aromatic rings. The zero-order chi connectivity index (χ0) is 13.0. The van der Waals surface area contributed by atoms with Crippen molar-refractivity contribution in [2.75, 3.05) is 23.8 Å². The van der Waals surface area contributed by atoms with E-state index in [2.05, 4.69) is 5.32 Å². The molecular formula is C13H17ClN2OS. The molecule has 0 bridgehead atoms. The predicted molar refractivity (Wildman–Crippen MR) is 78.2 cm³/mol. The van der Waals surface area contributed by atoms with E-state index in [1.54, 1.807) is 18.2 Å². The van der Waals surface area contributed by atoms with Crippen molar-refractivity contribution in [1.29, 1.82) is 0 Å². The second-order valence-electron chi connectivity index (χ2n) is 4.51. The lowest BCUT2D eigenvalue weighted by molar-refractivity contribution is 0.0946. The van der Waals surface area contributed by atoms with E-state index in [0.717, 1.165) is 6.54 Å². The summed E-state index contributed by atoms with van der Waals surface area (Å²) in [5.74, 6) is 2.85. The molecule has 1 amide bonds. The zero-order valence-corrected chi connectivity index (χ0v) is 11.7. The number of hydrogen-bond acceptors (Lipinski definition) is 3. The number of rotatable bonds is 3. The van der Waals surface area contributed by atoms with Gasteiger partial charge in [-0.25, -0.2) is 0 Å². The lowest BCUT2D eigenvalue weighted by atomic mass is 10.0. The highest BCUT2D eigenvalue weighted by molar-refractivity contribution is 7.99. The number of anilines is 1. The molecule has 0 aliphatic carbocycles. The van der Waals surface area contributed by atoms with Crippen LogP contribution in [0.2, 0.25) is 5.02 Å². The van der Waals surface area contributed by atoms with E-state index in [1.165, 1.54) is 24.3 Å². The van der Waals surface area contributed by atoms with E-state index in [9.17, 15) is 4.79 Å². The minimum absolute atomic E-state index is 0.134. The van der Waals surface area contributed by atoms with Crippen LogP contribution < -0.4 is 11.1 Å². The fraction of sp³-hybridized carbons (Fsp3) is 0.462. The van der Waals surface area contributed by atoms with Crippen LogP contribution in [0.15, 0.2) is 18.2 Å². The van der Waals surface area contributed by atoms with Crippen molar-refractivity contribution in [3.63, 3.8) is 0 Å². The van der Waals surface area contributed by atoms with Gasteiger partial charge < -0.3 is 11.1 Å². The van der Waals surface area contributed by atoms with Crippen molar-refractivity contribution in [1.82, 2.24) is 5.32 Å². The largest absolute Gasteiger partial charge is 0.399 e. The Labute approximate surface area is 116 Å². The smallest absolute Gasteiger partial charge is 0.252 e. The highest BCUT2D eigenvalue weighted by Crippen LogP contribution is 2.22. The van der Waals surface area contributed by atoms with E-state index < -0.39 is 0 Å². The number of carbonyl (C=O) groups is 1. The van der Waals surface area contributed by atoms with Gasteiger partial charge in [0.15, 0.2) is 0 Å². The summed E-state index contributed by atoms with van der Waals surface area (Å²) in [4.78, 5) is 12.0. The standard InChI is InChI=1S/C13H17ClN2OS/c14-12-2-1-10(15)7-11(12)13(17)16-8-9-3-5-18-6-4-9/h1-2,7,9H,3-6,8,15H2,(H,16,17). The molecular weight excluding hydrogens is 268 g/mol. The third-order valence-corrected chi connectivity index (χ3v) is 4.51. The number of benzene rings is 1.